The molecule has 0 aliphatic heterocycles. The summed E-state index contributed by atoms with van der Waals surface area (Å²) in [6.45, 7) is 8.17. The van der Waals surface area contributed by atoms with Crippen molar-refractivity contribution in [1.82, 2.24) is 10.2 Å². The van der Waals surface area contributed by atoms with E-state index in [1.807, 2.05) is 45.9 Å². The Morgan fingerprint density at radius 3 is 2.42 bits per heavy atom. The summed E-state index contributed by atoms with van der Waals surface area (Å²) >= 11 is 6.04. The van der Waals surface area contributed by atoms with Gasteiger partial charge in [-0.25, -0.2) is 0 Å². The molecule has 1 aliphatic carbocycles. The van der Waals surface area contributed by atoms with Gasteiger partial charge < -0.3 is 15.0 Å². The van der Waals surface area contributed by atoms with Gasteiger partial charge in [0.1, 0.15) is 11.8 Å². The van der Waals surface area contributed by atoms with Crippen molar-refractivity contribution in [2.24, 2.45) is 0 Å². The number of rotatable bonds is 9. The van der Waals surface area contributed by atoms with E-state index in [1.54, 1.807) is 17.0 Å². The third-order valence-electron chi connectivity index (χ3n) is 6.47. The van der Waals surface area contributed by atoms with E-state index in [-0.39, 0.29) is 24.5 Å². The van der Waals surface area contributed by atoms with E-state index in [0.29, 0.717) is 23.7 Å². The lowest BCUT2D eigenvalue weighted by Gasteiger charge is -2.31. The molecule has 178 valence electrons. The van der Waals surface area contributed by atoms with E-state index in [1.165, 1.54) is 0 Å². The Morgan fingerprint density at radius 2 is 1.79 bits per heavy atom. The zero-order valence-electron chi connectivity index (χ0n) is 20.1. The van der Waals surface area contributed by atoms with Gasteiger partial charge in [-0.3, -0.25) is 9.59 Å². The first kappa shape index (κ1) is 25.1. The van der Waals surface area contributed by atoms with Gasteiger partial charge in [-0.05, 0) is 80.5 Å². The van der Waals surface area contributed by atoms with Crippen molar-refractivity contribution >= 4 is 23.4 Å². The first-order valence-electron chi connectivity index (χ1n) is 11.8. The predicted molar refractivity (Wildman–Crippen MR) is 133 cm³/mol. The highest BCUT2D eigenvalue weighted by Crippen LogP contribution is 2.24. The van der Waals surface area contributed by atoms with Crippen LogP contribution in [0.15, 0.2) is 36.4 Å². The van der Waals surface area contributed by atoms with Gasteiger partial charge in [0.2, 0.25) is 5.91 Å². The van der Waals surface area contributed by atoms with Crippen LogP contribution in [0.25, 0.3) is 0 Å². The fourth-order valence-corrected chi connectivity index (χ4v) is 4.57. The summed E-state index contributed by atoms with van der Waals surface area (Å²) in [6.07, 6.45) is 4.81. The number of hydrogen-bond donors (Lipinski definition) is 1. The summed E-state index contributed by atoms with van der Waals surface area (Å²) in [5.41, 5.74) is 4.14. The zero-order chi connectivity index (χ0) is 24.0. The highest BCUT2D eigenvalue weighted by atomic mass is 35.5. The molecule has 5 nitrogen and oxygen atoms in total. The Hall–Kier alpha value is -2.53. The number of nitrogens with zero attached hydrogens (tertiary/aromatic N) is 1. The second-order valence-electron chi connectivity index (χ2n) is 9.06. The number of halogens is 1. The van der Waals surface area contributed by atoms with E-state index in [9.17, 15) is 9.59 Å². The topological polar surface area (TPSA) is 58.6 Å². The van der Waals surface area contributed by atoms with E-state index >= 15 is 0 Å². The van der Waals surface area contributed by atoms with Crippen LogP contribution in [-0.4, -0.2) is 35.4 Å². The monoisotopic (exact) mass is 470 g/mol. The summed E-state index contributed by atoms with van der Waals surface area (Å²) in [7, 11) is 0. The Labute approximate surface area is 202 Å². The lowest BCUT2D eigenvalue weighted by Crippen LogP contribution is -2.52. The predicted octanol–water partition coefficient (Wildman–Crippen LogP) is 5.51. The average molecular weight is 471 g/mol. The van der Waals surface area contributed by atoms with E-state index in [4.69, 9.17) is 16.3 Å². The number of ether oxygens (including phenoxy) is 1. The first-order valence-corrected chi connectivity index (χ1v) is 12.2. The van der Waals surface area contributed by atoms with Crippen molar-refractivity contribution in [2.45, 2.75) is 78.4 Å². The highest BCUT2D eigenvalue weighted by molar-refractivity contribution is 6.30. The number of hydrogen-bond acceptors (Lipinski definition) is 3. The fourth-order valence-electron chi connectivity index (χ4n) is 4.45. The number of carbonyl (C=O) groups excluding carboxylic acids is 2. The van der Waals surface area contributed by atoms with Gasteiger partial charge in [0, 0.05) is 17.6 Å². The number of benzene rings is 2. The number of nitrogens with one attached hydrogen (secondary N) is 1. The van der Waals surface area contributed by atoms with Crippen LogP contribution in [0.1, 0.15) is 61.3 Å². The van der Waals surface area contributed by atoms with Gasteiger partial charge >= 0.3 is 0 Å². The third kappa shape index (κ3) is 6.73. The van der Waals surface area contributed by atoms with Crippen molar-refractivity contribution < 1.29 is 14.3 Å². The summed E-state index contributed by atoms with van der Waals surface area (Å²) in [6, 6.07) is 11.1. The number of aryl methyl sites for hydroxylation is 2. The Morgan fingerprint density at radius 1 is 1.12 bits per heavy atom. The molecular formula is C27H35ClN2O3. The molecule has 1 fully saturated rings. The molecule has 1 N–H and O–H groups in total. The summed E-state index contributed by atoms with van der Waals surface area (Å²) in [5.74, 6) is 0.405. The molecule has 0 heterocycles. The smallest absolute Gasteiger partial charge is 0.261 e. The Balaban J connectivity index is 1.79. The second-order valence-corrected chi connectivity index (χ2v) is 9.49. The molecule has 0 radical (unpaired) electrons. The van der Waals surface area contributed by atoms with E-state index in [0.717, 1.165) is 47.9 Å². The largest absolute Gasteiger partial charge is 0.483 e. The molecule has 2 aromatic rings. The molecular weight excluding hydrogens is 436 g/mol. The maximum atomic E-state index is 13.4. The van der Waals surface area contributed by atoms with Crippen LogP contribution in [0.5, 0.6) is 5.75 Å². The van der Waals surface area contributed by atoms with Crippen molar-refractivity contribution in [1.29, 1.82) is 0 Å². The fraction of sp³-hybridized carbons (Fsp3) is 0.481. The number of amides is 2. The normalized spacial score (nSPS) is 14.7. The Kier molecular flexibility index (Phi) is 8.79. The van der Waals surface area contributed by atoms with Gasteiger partial charge in [0.15, 0.2) is 6.61 Å². The molecule has 0 bridgehead atoms. The van der Waals surface area contributed by atoms with Gasteiger partial charge in [-0.15, -0.1) is 0 Å². The van der Waals surface area contributed by atoms with Crippen molar-refractivity contribution in [3.05, 3.63) is 63.7 Å². The van der Waals surface area contributed by atoms with Gasteiger partial charge in [-0.1, -0.05) is 49.6 Å². The van der Waals surface area contributed by atoms with Crippen LogP contribution in [0.4, 0.5) is 0 Å². The van der Waals surface area contributed by atoms with Crippen LogP contribution in [-0.2, 0) is 16.1 Å². The molecule has 2 amide bonds. The first-order chi connectivity index (χ1) is 15.8. The van der Waals surface area contributed by atoms with Crippen LogP contribution < -0.4 is 10.1 Å². The maximum absolute atomic E-state index is 13.4. The molecule has 33 heavy (non-hydrogen) atoms. The van der Waals surface area contributed by atoms with Gasteiger partial charge in [0.05, 0.1) is 0 Å². The number of carbonyl (C=O) groups is 2. The SMILES string of the molecule is CCC(C(=O)NC1CCCC1)N(Cc1ccc(Cl)cc1)C(=O)COc1cc(C)cc(C)c1C. The lowest BCUT2D eigenvalue weighted by molar-refractivity contribution is -0.143. The van der Waals surface area contributed by atoms with Crippen molar-refractivity contribution in [3.8, 4) is 5.75 Å². The van der Waals surface area contributed by atoms with Gasteiger partial charge in [0.25, 0.3) is 5.91 Å². The molecule has 2 aromatic carbocycles. The second kappa shape index (κ2) is 11.6. The van der Waals surface area contributed by atoms with Crippen LogP contribution in [0.2, 0.25) is 5.02 Å². The minimum Gasteiger partial charge on any atom is -0.483 e. The standard InChI is InChI=1S/C27H35ClN2O3/c1-5-24(27(32)29-23-8-6-7-9-23)30(16-21-10-12-22(28)13-11-21)26(31)17-33-25-15-18(2)14-19(3)20(25)4/h10-15,23-24H,5-9,16-17H2,1-4H3,(H,29,32). The maximum Gasteiger partial charge on any atom is 0.261 e. The zero-order valence-corrected chi connectivity index (χ0v) is 20.9. The molecule has 0 aromatic heterocycles. The summed E-state index contributed by atoms with van der Waals surface area (Å²) in [4.78, 5) is 28.2. The molecule has 1 saturated carbocycles. The van der Waals surface area contributed by atoms with Crippen molar-refractivity contribution in [2.75, 3.05) is 6.61 Å². The average Bonchev–Trinajstić information content (AvgIpc) is 3.29. The molecule has 1 aliphatic rings. The summed E-state index contributed by atoms with van der Waals surface area (Å²) < 4.78 is 5.96. The van der Waals surface area contributed by atoms with Crippen molar-refractivity contribution in [3.63, 3.8) is 0 Å². The quantitative estimate of drug-likeness (QED) is 0.525. The van der Waals surface area contributed by atoms with Crippen LogP contribution in [0.3, 0.4) is 0 Å². The lowest BCUT2D eigenvalue weighted by atomic mass is 10.1. The molecule has 1 atom stereocenters. The Bertz CT molecular complexity index is 968. The highest BCUT2D eigenvalue weighted by Gasteiger charge is 2.31. The van der Waals surface area contributed by atoms with Crippen LogP contribution >= 0.6 is 11.6 Å². The molecule has 6 heteroatoms. The molecule has 0 saturated heterocycles. The van der Waals surface area contributed by atoms with E-state index < -0.39 is 6.04 Å². The van der Waals surface area contributed by atoms with Crippen LogP contribution in [0, 0.1) is 20.8 Å². The minimum absolute atomic E-state index is 0.0886. The molecule has 0 spiro atoms. The third-order valence-corrected chi connectivity index (χ3v) is 6.72. The van der Waals surface area contributed by atoms with Gasteiger partial charge in [-0.2, -0.15) is 0 Å². The molecule has 3 rings (SSSR count). The van der Waals surface area contributed by atoms with E-state index in [2.05, 4.69) is 11.4 Å². The molecule has 1 unspecified atom stereocenters. The summed E-state index contributed by atoms with van der Waals surface area (Å²) in [5, 5.41) is 3.80. The minimum atomic E-state index is -0.558.